The van der Waals surface area contributed by atoms with Crippen molar-refractivity contribution >= 4 is 21.8 Å². The first-order valence-electron chi connectivity index (χ1n) is 5.32. The topological polar surface area (TPSA) is 40.5 Å². The van der Waals surface area contributed by atoms with Gasteiger partial charge in [0.15, 0.2) is 0 Å². The lowest BCUT2D eigenvalue weighted by Crippen LogP contribution is -2.28. The number of hydrogen-bond donors (Lipinski definition) is 1. The van der Waals surface area contributed by atoms with Crippen molar-refractivity contribution in [3.05, 3.63) is 28.2 Å². The summed E-state index contributed by atoms with van der Waals surface area (Å²) in [7, 11) is 1.81. The van der Waals surface area contributed by atoms with E-state index in [1.807, 2.05) is 0 Å². The minimum absolute atomic E-state index is 0.0327. The number of halogens is 1. The largest absolute Gasteiger partial charge is 0.507 e. The number of phenolic OH excluding ortho intramolecular Hbond substituents is 1. The molecular formula is C12H14BrNO2. The van der Waals surface area contributed by atoms with Crippen LogP contribution in [-0.2, 0) is 0 Å². The molecule has 1 aliphatic carbocycles. The monoisotopic (exact) mass is 283 g/mol. The summed E-state index contributed by atoms with van der Waals surface area (Å²) in [5.74, 6) is 0.748. The predicted octanol–water partition coefficient (Wildman–Crippen LogP) is 2.64. The highest BCUT2D eigenvalue weighted by Crippen LogP contribution is 2.30. The van der Waals surface area contributed by atoms with Crippen LogP contribution in [0.3, 0.4) is 0 Å². The maximum Gasteiger partial charge on any atom is 0.253 e. The molecule has 2 rings (SSSR count). The number of benzene rings is 1. The van der Waals surface area contributed by atoms with Gasteiger partial charge in [-0.2, -0.15) is 0 Å². The highest BCUT2D eigenvalue weighted by Gasteiger charge is 2.25. The molecule has 0 saturated heterocycles. The van der Waals surface area contributed by atoms with Crippen LogP contribution in [0.1, 0.15) is 23.2 Å². The van der Waals surface area contributed by atoms with Crippen LogP contribution in [0.2, 0.25) is 0 Å². The molecule has 1 aromatic carbocycles. The fourth-order valence-corrected chi connectivity index (χ4v) is 1.88. The van der Waals surface area contributed by atoms with E-state index in [-0.39, 0.29) is 11.7 Å². The summed E-state index contributed by atoms with van der Waals surface area (Å²) >= 11 is 3.19. The average molecular weight is 284 g/mol. The minimum atomic E-state index is -0.0327. The maximum absolute atomic E-state index is 12.0. The number of phenols is 1. The van der Waals surface area contributed by atoms with Gasteiger partial charge in [0.1, 0.15) is 5.75 Å². The summed E-state index contributed by atoms with van der Waals surface area (Å²) in [6, 6.07) is 4.90. The fraction of sp³-hybridized carbons (Fsp3) is 0.417. The smallest absolute Gasteiger partial charge is 0.253 e. The number of rotatable bonds is 3. The standard InChI is InChI=1S/C12H14BrNO2/c1-14(7-8-2-3-8)12(16)9-4-5-10(13)11(15)6-9/h4-6,8,15H,2-3,7H2,1H3. The van der Waals surface area contributed by atoms with Crippen molar-refractivity contribution in [2.45, 2.75) is 12.8 Å². The second-order valence-electron chi connectivity index (χ2n) is 4.30. The van der Waals surface area contributed by atoms with Gasteiger partial charge in [-0.25, -0.2) is 0 Å². The third-order valence-electron chi connectivity index (χ3n) is 2.77. The summed E-state index contributed by atoms with van der Waals surface area (Å²) < 4.78 is 0.605. The molecule has 0 aromatic heterocycles. The molecule has 0 radical (unpaired) electrons. The van der Waals surface area contributed by atoms with Crippen molar-refractivity contribution in [1.29, 1.82) is 0 Å². The van der Waals surface area contributed by atoms with Crippen LogP contribution in [0, 0.1) is 5.92 Å². The molecule has 0 unspecified atom stereocenters. The molecule has 1 fully saturated rings. The van der Waals surface area contributed by atoms with E-state index in [0.717, 1.165) is 6.54 Å². The molecule has 86 valence electrons. The highest BCUT2D eigenvalue weighted by molar-refractivity contribution is 9.10. The number of carbonyl (C=O) groups excluding carboxylic acids is 1. The van der Waals surface area contributed by atoms with E-state index in [9.17, 15) is 9.90 Å². The quantitative estimate of drug-likeness (QED) is 0.927. The highest BCUT2D eigenvalue weighted by atomic mass is 79.9. The molecule has 1 aliphatic rings. The Hall–Kier alpha value is -1.03. The van der Waals surface area contributed by atoms with Crippen LogP contribution >= 0.6 is 15.9 Å². The first-order valence-corrected chi connectivity index (χ1v) is 6.11. The number of aromatic hydroxyl groups is 1. The van der Waals surface area contributed by atoms with Crippen LogP contribution < -0.4 is 0 Å². The average Bonchev–Trinajstić information content (AvgIpc) is 3.05. The molecule has 1 N–H and O–H groups in total. The summed E-state index contributed by atoms with van der Waals surface area (Å²) in [6.07, 6.45) is 2.45. The van der Waals surface area contributed by atoms with Gasteiger partial charge < -0.3 is 10.0 Å². The number of hydrogen-bond acceptors (Lipinski definition) is 2. The molecule has 0 bridgehead atoms. The van der Waals surface area contributed by atoms with Gasteiger partial charge in [-0.1, -0.05) is 0 Å². The first-order chi connectivity index (χ1) is 7.58. The number of carbonyl (C=O) groups is 1. The van der Waals surface area contributed by atoms with Crippen LogP contribution in [-0.4, -0.2) is 29.5 Å². The zero-order valence-corrected chi connectivity index (χ0v) is 10.7. The molecule has 1 aromatic rings. The van der Waals surface area contributed by atoms with E-state index in [1.165, 1.54) is 18.9 Å². The molecular weight excluding hydrogens is 270 g/mol. The van der Waals surface area contributed by atoms with Gasteiger partial charge in [0.2, 0.25) is 0 Å². The van der Waals surface area contributed by atoms with Crippen molar-refractivity contribution in [3.63, 3.8) is 0 Å². The van der Waals surface area contributed by atoms with Crippen LogP contribution in [0.4, 0.5) is 0 Å². The molecule has 16 heavy (non-hydrogen) atoms. The Bertz CT molecular complexity index is 415. The van der Waals surface area contributed by atoms with Gasteiger partial charge in [0.25, 0.3) is 5.91 Å². The zero-order chi connectivity index (χ0) is 11.7. The lowest BCUT2D eigenvalue weighted by molar-refractivity contribution is 0.0788. The Labute approximate surface area is 103 Å². The number of amides is 1. The second-order valence-corrected chi connectivity index (χ2v) is 5.15. The van der Waals surface area contributed by atoms with Crippen molar-refractivity contribution in [1.82, 2.24) is 4.90 Å². The van der Waals surface area contributed by atoms with Gasteiger partial charge in [0.05, 0.1) is 4.47 Å². The van der Waals surface area contributed by atoms with Gasteiger partial charge in [0, 0.05) is 19.2 Å². The molecule has 0 atom stereocenters. The number of nitrogens with zero attached hydrogens (tertiary/aromatic N) is 1. The molecule has 0 heterocycles. The van der Waals surface area contributed by atoms with Crippen molar-refractivity contribution < 1.29 is 9.90 Å². The molecule has 4 heteroatoms. The Kier molecular flexibility index (Phi) is 3.19. The van der Waals surface area contributed by atoms with Crippen LogP contribution in [0.25, 0.3) is 0 Å². The normalized spacial score (nSPS) is 14.9. The van der Waals surface area contributed by atoms with Crippen molar-refractivity contribution in [2.75, 3.05) is 13.6 Å². The minimum Gasteiger partial charge on any atom is -0.507 e. The molecule has 3 nitrogen and oxygen atoms in total. The van der Waals surface area contributed by atoms with E-state index in [1.54, 1.807) is 24.1 Å². The molecule has 0 aliphatic heterocycles. The van der Waals surface area contributed by atoms with Gasteiger partial charge in [-0.05, 0) is 52.9 Å². The van der Waals surface area contributed by atoms with Gasteiger partial charge in [-0.15, -0.1) is 0 Å². The van der Waals surface area contributed by atoms with E-state index in [2.05, 4.69) is 15.9 Å². The third kappa shape index (κ3) is 2.55. The van der Waals surface area contributed by atoms with Crippen molar-refractivity contribution in [2.24, 2.45) is 5.92 Å². The summed E-state index contributed by atoms with van der Waals surface area (Å²) in [6.45, 7) is 0.815. The Morgan fingerprint density at radius 1 is 1.56 bits per heavy atom. The first kappa shape index (κ1) is 11.5. The summed E-state index contributed by atoms with van der Waals surface area (Å²) in [5.41, 5.74) is 0.531. The van der Waals surface area contributed by atoms with E-state index < -0.39 is 0 Å². The lowest BCUT2D eigenvalue weighted by Gasteiger charge is -2.16. The summed E-state index contributed by atoms with van der Waals surface area (Å²) in [4.78, 5) is 13.7. The Morgan fingerprint density at radius 2 is 2.25 bits per heavy atom. The Balaban J connectivity index is 2.09. The molecule has 0 spiro atoms. The second kappa shape index (κ2) is 4.45. The molecule has 1 saturated carbocycles. The molecule has 1 amide bonds. The van der Waals surface area contributed by atoms with Gasteiger partial charge in [-0.3, -0.25) is 4.79 Å². The van der Waals surface area contributed by atoms with E-state index >= 15 is 0 Å². The maximum atomic E-state index is 12.0. The van der Waals surface area contributed by atoms with Crippen molar-refractivity contribution in [3.8, 4) is 5.75 Å². The fourth-order valence-electron chi connectivity index (χ4n) is 1.64. The lowest BCUT2D eigenvalue weighted by atomic mass is 10.2. The Morgan fingerprint density at radius 3 is 2.81 bits per heavy atom. The van der Waals surface area contributed by atoms with Crippen LogP contribution in [0.15, 0.2) is 22.7 Å². The summed E-state index contributed by atoms with van der Waals surface area (Å²) in [5, 5.41) is 9.51. The predicted molar refractivity (Wildman–Crippen MR) is 65.5 cm³/mol. The zero-order valence-electron chi connectivity index (χ0n) is 9.11. The SMILES string of the molecule is CN(CC1CC1)C(=O)c1ccc(Br)c(O)c1. The van der Waals surface area contributed by atoms with E-state index in [4.69, 9.17) is 0 Å². The van der Waals surface area contributed by atoms with Gasteiger partial charge >= 0.3 is 0 Å². The third-order valence-corrected chi connectivity index (χ3v) is 3.44. The van der Waals surface area contributed by atoms with Crippen LogP contribution in [0.5, 0.6) is 5.75 Å². The van der Waals surface area contributed by atoms with E-state index in [0.29, 0.717) is 16.0 Å².